The molecule has 0 aromatic heterocycles. The van der Waals surface area contributed by atoms with Crippen molar-refractivity contribution in [2.24, 2.45) is 11.8 Å². The number of hydrogen-bond acceptors (Lipinski definition) is 2. The van der Waals surface area contributed by atoms with Gasteiger partial charge in [-0.1, -0.05) is 13.8 Å². The Labute approximate surface area is 97.2 Å². The molecule has 3 heteroatoms. The van der Waals surface area contributed by atoms with E-state index < -0.39 is 0 Å². The summed E-state index contributed by atoms with van der Waals surface area (Å²) >= 11 is 0. The van der Waals surface area contributed by atoms with Crippen LogP contribution in [0, 0.1) is 11.8 Å². The molecule has 2 aliphatic rings. The van der Waals surface area contributed by atoms with Crippen LogP contribution in [0.2, 0.25) is 0 Å². The zero-order chi connectivity index (χ0) is 11.7. The smallest absolute Gasteiger partial charge is 0.225 e. The number of carbonyl (C=O) groups excluding carboxylic acids is 2. The molecule has 2 atom stereocenters. The van der Waals surface area contributed by atoms with Gasteiger partial charge in [0.15, 0.2) is 0 Å². The van der Waals surface area contributed by atoms with Crippen molar-refractivity contribution in [1.29, 1.82) is 0 Å². The minimum Gasteiger partial charge on any atom is -0.339 e. The van der Waals surface area contributed by atoms with Crippen molar-refractivity contribution in [2.75, 3.05) is 6.54 Å². The average Bonchev–Trinajstić information content (AvgIpc) is 2.84. The van der Waals surface area contributed by atoms with Crippen molar-refractivity contribution >= 4 is 11.7 Å². The third-order valence-corrected chi connectivity index (χ3v) is 3.89. The van der Waals surface area contributed by atoms with Crippen LogP contribution in [0.1, 0.15) is 46.0 Å². The first kappa shape index (κ1) is 11.6. The first-order valence-electron chi connectivity index (χ1n) is 6.44. The molecule has 1 aliphatic heterocycles. The summed E-state index contributed by atoms with van der Waals surface area (Å²) in [4.78, 5) is 25.8. The Kier molecular flexibility index (Phi) is 3.31. The Morgan fingerprint density at radius 1 is 1.31 bits per heavy atom. The lowest BCUT2D eigenvalue weighted by atomic mass is 9.94. The van der Waals surface area contributed by atoms with Gasteiger partial charge in [0, 0.05) is 30.8 Å². The molecule has 1 saturated heterocycles. The van der Waals surface area contributed by atoms with Crippen molar-refractivity contribution in [3.05, 3.63) is 0 Å². The predicted octanol–water partition coefficient (Wildman–Crippen LogP) is 2.00. The Balaban J connectivity index is 2.08. The fourth-order valence-electron chi connectivity index (χ4n) is 3.07. The second-order valence-corrected chi connectivity index (χ2v) is 5.36. The van der Waals surface area contributed by atoms with Crippen molar-refractivity contribution in [2.45, 2.75) is 52.0 Å². The van der Waals surface area contributed by atoms with Crippen molar-refractivity contribution < 1.29 is 9.59 Å². The zero-order valence-electron chi connectivity index (χ0n) is 10.2. The monoisotopic (exact) mass is 223 g/mol. The second-order valence-electron chi connectivity index (χ2n) is 5.36. The molecule has 1 heterocycles. The Morgan fingerprint density at radius 3 is 2.62 bits per heavy atom. The van der Waals surface area contributed by atoms with E-state index in [0.717, 1.165) is 38.6 Å². The van der Waals surface area contributed by atoms with E-state index in [4.69, 9.17) is 0 Å². The number of rotatable bonds is 2. The first-order chi connectivity index (χ1) is 7.61. The van der Waals surface area contributed by atoms with Gasteiger partial charge in [0.1, 0.15) is 5.78 Å². The van der Waals surface area contributed by atoms with Gasteiger partial charge >= 0.3 is 0 Å². The minimum absolute atomic E-state index is 0.0529. The van der Waals surface area contributed by atoms with E-state index in [0.29, 0.717) is 5.78 Å². The summed E-state index contributed by atoms with van der Waals surface area (Å²) in [5.41, 5.74) is 0. The van der Waals surface area contributed by atoms with Gasteiger partial charge in [0.25, 0.3) is 0 Å². The van der Waals surface area contributed by atoms with Gasteiger partial charge in [-0.2, -0.15) is 0 Å². The molecule has 0 aromatic carbocycles. The van der Waals surface area contributed by atoms with Crippen LogP contribution in [-0.2, 0) is 9.59 Å². The lowest BCUT2D eigenvalue weighted by Crippen LogP contribution is -2.43. The van der Waals surface area contributed by atoms with Crippen LogP contribution in [0.15, 0.2) is 0 Å². The maximum absolute atomic E-state index is 12.0. The number of nitrogens with zero attached hydrogens (tertiary/aromatic N) is 1. The highest BCUT2D eigenvalue weighted by Gasteiger charge is 2.40. The van der Waals surface area contributed by atoms with Gasteiger partial charge in [-0.05, 0) is 25.7 Å². The van der Waals surface area contributed by atoms with E-state index in [-0.39, 0.29) is 23.8 Å². The van der Waals surface area contributed by atoms with Gasteiger partial charge in [-0.25, -0.2) is 0 Å². The maximum Gasteiger partial charge on any atom is 0.225 e. The molecule has 2 unspecified atom stereocenters. The quantitative estimate of drug-likeness (QED) is 0.718. The van der Waals surface area contributed by atoms with E-state index in [1.54, 1.807) is 0 Å². The fraction of sp³-hybridized carbons (Fsp3) is 0.846. The zero-order valence-corrected chi connectivity index (χ0v) is 10.2. The normalized spacial score (nSPS) is 30.4. The summed E-state index contributed by atoms with van der Waals surface area (Å²) in [6.45, 7) is 4.73. The number of Topliss-reactive ketones (excluding diaryl/α,β-unsaturated/α-hetero) is 1. The Morgan fingerprint density at radius 2 is 2.06 bits per heavy atom. The number of ketones is 1. The van der Waals surface area contributed by atoms with Crippen LogP contribution in [-0.4, -0.2) is 29.2 Å². The molecule has 1 amide bonds. The second kappa shape index (κ2) is 4.56. The van der Waals surface area contributed by atoms with Gasteiger partial charge < -0.3 is 4.90 Å². The van der Waals surface area contributed by atoms with Crippen LogP contribution in [0.5, 0.6) is 0 Å². The van der Waals surface area contributed by atoms with Crippen LogP contribution in [0.3, 0.4) is 0 Å². The van der Waals surface area contributed by atoms with Crippen LogP contribution < -0.4 is 0 Å². The number of likely N-dealkylation sites (tertiary alicyclic amines) is 1. The van der Waals surface area contributed by atoms with Crippen molar-refractivity contribution in [3.63, 3.8) is 0 Å². The molecule has 90 valence electrons. The molecule has 2 fully saturated rings. The average molecular weight is 223 g/mol. The van der Waals surface area contributed by atoms with E-state index in [1.165, 1.54) is 0 Å². The lowest BCUT2D eigenvalue weighted by molar-refractivity contribution is -0.137. The van der Waals surface area contributed by atoms with Gasteiger partial charge in [-0.15, -0.1) is 0 Å². The van der Waals surface area contributed by atoms with Crippen LogP contribution >= 0.6 is 0 Å². The third-order valence-electron chi connectivity index (χ3n) is 3.89. The fourth-order valence-corrected chi connectivity index (χ4v) is 3.07. The highest BCUT2D eigenvalue weighted by atomic mass is 16.2. The largest absolute Gasteiger partial charge is 0.339 e. The molecule has 1 saturated carbocycles. The lowest BCUT2D eigenvalue weighted by Gasteiger charge is -2.30. The molecule has 0 bridgehead atoms. The summed E-state index contributed by atoms with van der Waals surface area (Å²) in [5, 5.41) is 0. The van der Waals surface area contributed by atoms with Crippen LogP contribution in [0.4, 0.5) is 0 Å². The number of hydrogen-bond donors (Lipinski definition) is 0. The Bertz CT molecular complexity index is 298. The molecule has 0 radical (unpaired) electrons. The van der Waals surface area contributed by atoms with Crippen molar-refractivity contribution in [3.8, 4) is 0 Å². The molecule has 1 aliphatic carbocycles. The van der Waals surface area contributed by atoms with Gasteiger partial charge in [0.05, 0.1) is 0 Å². The Hall–Kier alpha value is -0.860. The van der Waals surface area contributed by atoms with E-state index >= 15 is 0 Å². The van der Waals surface area contributed by atoms with E-state index in [2.05, 4.69) is 0 Å². The van der Waals surface area contributed by atoms with Crippen LogP contribution in [0.25, 0.3) is 0 Å². The minimum atomic E-state index is 0.0529. The summed E-state index contributed by atoms with van der Waals surface area (Å²) in [5.74, 6) is 0.804. The molecular weight excluding hydrogens is 202 g/mol. The highest BCUT2D eigenvalue weighted by molar-refractivity contribution is 5.85. The summed E-state index contributed by atoms with van der Waals surface area (Å²) in [6.07, 6.45) is 4.82. The molecule has 2 rings (SSSR count). The maximum atomic E-state index is 12.0. The van der Waals surface area contributed by atoms with E-state index in [1.807, 2.05) is 18.7 Å². The third kappa shape index (κ3) is 2.00. The number of amides is 1. The topological polar surface area (TPSA) is 37.4 Å². The molecule has 3 nitrogen and oxygen atoms in total. The van der Waals surface area contributed by atoms with Crippen molar-refractivity contribution in [1.82, 2.24) is 4.90 Å². The summed E-state index contributed by atoms with van der Waals surface area (Å²) < 4.78 is 0. The molecule has 0 spiro atoms. The molecule has 0 aromatic rings. The summed E-state index contributed by atoms with van der Waals surface area (Å²) in [7, 11) is 0. The molecule has 16 heavy (non-hydrogen) atoms. The first-order valence-corrected chi connectivity index (χ1v) is 6.44. The van der Waals surface area contributed by atoms with Gasteiger partial charge in [-0.3, -0.25) is 9.59 Å². The molecular formula is C13H21NO2. The SMILES string of the molecule is CC(C)C(=O)N1CCCC1C1CCCC1=O. The number of carbonyl (C=O) groups is 2. The standard InChI is InChI=1S/C13H21NO2/c1-9(2)13(16)14-8-4-6-11(14)10-5-3-7-12(10)15/h9-11H,3-8H2,1-2H3. The van der Waals surface area contributed by atoms with Gasteiger partial charge in [0.2, 0.25) is 5.91 Å². The molecule has 0 N–H and O–H groups in total. The van der Waals surface area contributed by atoms with E-state index in [9.17, 15) is 9.59 Å². The highest BCUT2D eigenvalue weighted by Crippen LogP contribution is 2.33. The summed E-state index contributed by atoms with van der Waals surface area (Å²) in [6, 6.07) is 0.213. The predicted molar refractivity (Wildman–Crippen MR) is 61.9 cm³/mol.